The van der Waals surface area contributed by atoms with Gasteiger partial charge in [-0.2, -0.15) is 0 Å². The third-order valence-electron chi connectivity index (χ3n) is 5.36. The van der Waals surface area contributed by atoms with Gasteiger partial charge in [-0.3, -0.25) is 0 Å². The average Bonchev–Trinajstić information content (AvgIpc) is 3.17. The van der Waals surface area contributed by atoms with Gasteiger partial charge in [0.15, 0.2) is 0 Å². The molecule has 138 valence electrons. The predicted molar refractivity (Wildman–Crippen MR) is 102 cm³/mol. The van der Waals surface area contributed by atoms with Crippen LogP contribution < -0.4 is 10.6 Å². The Bertz CT molecular complexity index is 510. The van der Waals surface area contributed by atoms with E-state index in [1.54, 1.807) is 0 Å². The minimum Gasteiger partial charge on any atom is -0.338 e. The molecule has 2 aliphatic rings. The number of hydrogen-bond acceptors (Lipinski definition) is 3. The molecule has 3 rings (SSSR count). The van der Waals surface area contributed by atoms with Crippen LogP contribution in [0.1, 0.15) is 31.2 Å². The molecule has 25 heavy (non-hydrogen) atoms. The van der Waals surface area contributed by atoms with Gasteiger partial charge in [-0.15, -0.1) is 0 Å². The number of hydrogen-bond donors (Lipinski definition) is 2. The SMILES string of the molecule is O=C(NCCc1ccccc1)N(CCN1CCCC1)C1CCCNC1. The molecule has 1 atom stereocenters. The molecule has 0 radical (unpaired) electrons. The molecule has 2 amide bonds. The number of piperidine rings is 1. The average molecular weight is 345 g/mol. The summed E-state index contributed by atoms with van der Waals surface area (Å²) in [5.41, 5.74) is 1.27. The van der Waals surface area contributed by atoms with Gasteiger partial charge in [-0.1, -0.05) is 30.3 Å². The molecule has 0 bridgehead atoms. The molecule has 1 aromatic rings. The van der Waals surface area contributed by atoms with Gasteiger partial charge in [0.25, 0.3) is 0 Å². The van der Waals surface area contributed by atoms with E-state index in [-0.39, 0.29) is 6.03 Å². The summed E-state index contributed by atoms with van der Waals surface area (Å²) in [6.07, 6.45) is 5.75. The molecule has 0 aliphatic carbocycles. The van der Waals surface area contributed by atoms with Crippen molar-refractivity contribution in [3.8, 4) is 0 Å². The Morgan fingerprint density at radius 1 is 1.20 bits per heavy atom. The highest BCUT2D eigenvalue weighted by Gasteiger charge is 2.26. The first-order chi connectivity index (χ1) is 12.3. The van der Waals surface area contributed by atoms with Crippen molar-refractivity contribution in [2.24, 2.45) is 0 Å². The van der Waals surface area contributed by atoms with Gasteiger partial charge in [-0.25, -0.2) is 4.79 Å². The first-order valence-corrected chi connectivity index (χ1v) is 9.84. The number of rotatable bonds is 7. The molecular formula is C20H32N4O. The van der Waals surface area contributed by atoms with E-state index in [1.807, 2.05) is 18.2 Å². The highest BCUT2D eigenvalue weighted by Crippen LogP contribution is 2.13. The number of carbonyl (C=O) groups excluding carboxylic acids is 1. The quantitative estimate of drug-likeness (QED) is 0.796. The second-order valence-corrected chi connectivity index (χ2v) is 7.21. The maximum Gasteiger partial charge on any atom is 0.317 e. The first-order valence-electron chi connectivity index (χ1n) is 9.84. The highest BCUT2D eigenvalue weighted by atomic mass is 16.2. The Morgan fingerprint density at radius 2 is 2.00 bits per heavy atom. The number of carbonyl (C=O) groups is 1. The van der Waals surface area contributed by atoms with Gasteiger partial charge in [0.1, 0.15) is 0 Å². The molecular weight excluding hydrogens is 312 g/mol. The number of nitrogens with one attached hydrogen (secondary N) is 2. The van der Waals surface area contributed by atoms with Gasteiger partial charge in [0, 0.05) is 32.2 Å². The zero-order valence-corrected chi connectivity index (χ0v) is 15.3. The Kier molecular flexibility index (Phi) is 7.12. The van der Waals surface area contributed by atoms with Crippen LogP contribution in [0.4, 0.5) is 4.79 Å². The van der Waals surface area contributed by atoms with Crippen molar-refractivity contribution in [2.45, 2.75) is 38.1 Å². The van der Waals surface area contributed by atoms with E-state index in [0.717, 1.165) is 45.4 Å². The summed E-state index contributed by atoms with van der Waals surface area (Å²) < 4.78 is 0. The van der Waals surface area contributed by atoms with Crippen LogP contribution in [0.3, 0.4) is 0 Å². The molecule has 0 spiro atoms. The maximum atomic E-state index is 12.8. The van der Waals surface area contributed by atoms with E-state index in [0.29, 0.717) is 12.6 Å². The van der Waals surface area contributed by atoms with Crippen LogP contribution in [-0.2, 0) is 6.42 Å². The number of benzene rings is 1. The molecule has 2 saturated heterocycles. The molecule has 2 aliphatic heterocycles. The zero-order chi connectivity index (χ0) is 17.3. The van der Waals surface area contributed by atoms with E-state index in [2.05, 4.69) is 32.6 Å². The number of likely N-dealkylation sites (tertiary alicyclic amines) is 1. The van der Waals surface area contributed by atoms with E-state index in [4.69, 9.17) is 0 Å². The summed E-state index contributed by atoms with van der Waals surface area (Å²) in [5, 5.41) is 6.59. The van der Waals surface area contributed by atoms with Crippen LogP contribution in [0.25, 0.3) is 0 Å². The standard InChI is InChI=1S/C20H32N4O/c25-20(22-12-10-18-7-2-1-3-8-18)24(19-9-6-11-21-17-19)16-15-23-13-4-5-14-23/h1-3,7-8,19,21H,4-6,9-17H2,(H,22,25). The lowest BCUT2D eigenvalue weighted by Crippen LogP contribution is -2.54. The number of nitrogens with zero attached hydrogens (tertiary/aromatic N) is 2. The summed E-state index contributed by atoms with van der Waals surface area (Å²) >= 11 is 0. The maximum absolute atomic E-state index is 12.8. The van der Waals surface area contributed by atoms with Crippen LogP contribution in [0, 0.1) is 0 Å². The minimum atomic E-state index is 0.101. The normalized spacial score (nSPS) is 21.2. The van der Waals surface area contributed by atoms with E-state index in [1.165, 1.54) is 31.5 Å². The third-order valence-corrected chi connectivity index (χ3v) is 5.36. The van der Waals surface area contributed by atoms with Crippen molar-refractivity contribution in [1.82, 2.24) is 20.4 Å². The lowest BCUT2D eigenvalue weighted by atomic mass is 10.1. The Hall–Kier alpha value is -1.59. The van der Waals surface area contributed by atoms with Crippen LogP contribution in [0.2, 0.25) is 0 Å². The number of amides is 2. The fourth-order valence-corrected chi connectivity index (χ4v) is 3.86. The van der Waals surface area contributed by atoms with Gasteiger partial charge in [0.05, 0.1) is 0 Å². The molecule has 5 nitrogen and oxygen atoms in total. The van der Waals surface area contributed by atoms with Crippen molar-refractivity contribution in [3.05, 3.63) is 35.9 Å². The lowest BCUT2D eigenvalue weighted by molar-refractivity contribution is 0.150. The summed E-state index contributed by atoms with van der Waals surface area (Å²) in [6, 6.07) is 10.8. The van der Waals surface area contributed by atoms with Crippen molar-refractivity contribution >= 4 is 6.03 Å². The summed E-state index contributed by atoms with van der Waals surface area (Å²) in [4.78, 5) is 17.4. The lowest BCUT2D eigenvalue weighted by Gasteiger charge is -2.35. The fourth-order valence-electron chi connectivity index (χ4n) is 3.86. The summed E-state index contributed by atoms with van der Waals surface area (Å²) in [7, 11) is 0. The fraction of sp³-hybridized carbons (Fsp3) is 0.650. The van der Waals surface area contributed by atoms with Crippen molar-refractivity contribution in [1.29, 1.82) is 0 Å². The van der Waals surface area contributed by atoms with Crippen LogP contribution in [0.15, 0.2) is 30.3 Å². The Morgan fingerprint density at radius 3 is 2.72 bits per heavy atom. The van der Waals surface area contributed by atoms with Crippen LogP contribution in [-0.4, -0.2) is 67.7 Å². The Labute approximate surface area is 151 Å². The van der Waals surface area contributed by atoms with Gasteiger partial charge < -0.3 is 20.4 Å². The van der Waals surface area contributed by atoms with Crippen LogP contribution >= 0.6 is 0 Å². The topological polar surface area (TPSA) is 47.6 Å². The predicted octanol–water partition coefficient (Wildman–Crippen LogP) is 2.09. The van der Waals surface area contributed by atoms with E-state index >= 15 is 0 Å². The van der Waals surface area contributed by atoms with Crippen LogP contribution in [0.5, 0.6) is 0 Å². The van der Waals surface area contributed by atoms with Crippen molar-refractivity contribution in [2.75, 3.05) is 45.8 Å². The first kappa shape index (κ1) is 18.2. The minimum absolute atomic E-state index is 0.101. The molecule has 2 heterocycles. The van der Waals surface area contributed by atoms with E-state index < -0.39 is 0 Å². The summed E-state index contributed by atoms with van der Waals surface area (Å²) in [5.74, 6) is 0. The Balaban J connectivity index is 1.50. The molecule has 1 aromatic carbocycles. The zero-order valence-electron chi connectivity index (χ0n) is 15.3. The van der Waals surface area contributed by atoms with E-state index in [9.17, 15) is 4.79 Å². The molecule has 1 unspecified atom stereocenters. The van der Waals surface area contributed by atoms with Gasteiger partial charge in [0.2, 0.25) is 0 Å². The molecule has 2 fully saturated rings. The number of urea groups is 1. The molecule has 2 N–H and O–H groups in total. The molecule has 0 saturated carbocycles. The smallest absolute Gasteiger partial charge is 0.317 e. The highest BCUT2D eigenvalue weighted by molar-refractivity contribution is 5.74. The largest absolute Gasteiger partial charge is 0.338 e. The second kappa shape index (κ2) is 9.78. The van der Waals surface area contributed by atoms with Crippen molar-refractivity contribution < 1.29 is 4.79 Å². The third kappa shape index (κ3) is 5.72. The van der Waals surface area contributed by atoms with Gasteiger partial charge >= 0.3 is 6.03 Å². The molecule has 0 aromatic heterocycles. The summed E-state index contributed by atoms with van der Waals surface area (Å²) in [6.45, 7) is 6.91. The van der Waals surface area contributed by atoms with Crippen molar-refractivity contribution in [3.63, 3.8) is 0 Å². The molecule has 5 heteroatoms. The second-order valence-electron chi connectivity index (χ2n) is 7.21. The monoisotopic (exact) mass is 344 g/mol. The van der Waals surface area contributed by atoms with Gasteiger partial charge in [-0.05, 0) is 57.3 Å².